The summed E-state index contributed by atoms with van der Waals surface area (Å²) in [6.45, 7) is 1.99. The topological polar surface area (TPSA) is 26.3 Å². The van der Waals surface area contributed by atoms with E-state index in [9.17, 15) is 4.79 Å². The minimum atomic E-state index is -0.286. The number of rotatable bonds is 1. The molecule has 13 heavy (non-hydrogen) atoms. The summed E-state index contributed by atoms with van der Waals surface area (Å²) in [5.74, 6) is -0.0703. The standard InChI is InChI=1S/C11H18O2/c1-11(10(12)13-2)8-6-4-3-5-7-9-11/h4,6H,3,5,7-9H2,1-2H3. The van der Waals surface area contributed by atoms with Crippen LogP contribution in [-0.4, -0.2) is 13.1 Å². The minimum Gasteiger partial charge on any atom is -0.469 e. The lowest BCUT2D eigenvalue weighted by Gasteiger charge is -2.26. The molecule has 0 aromatic carbocycles. The zero-order chi connectivity index (χ0) is 9.73. The third-order valence-corrected chi connectivity index (χ3v) is 2.76. The van der Waals surface area contributed by atoms with Crippen LogP contribution in [0.15, 0.2) is 12.2 Å². The van der Waals surface area contributed by atoms with Crippen molar-refractivity contribution in [3.8, 4) is 0 Å². The molecule has 0 aliphatic heterocycles. The lowest BCUT2D eigenvalue weighted by atomic mass is 9.80. The summed E-state index contributed by atoms with van der Waals surface area (Å²) in [6.07, 6.45) is 9.50. The second-order valence-electron chi connectivity index (χ2n) is 3.97. The van der Waals surface area contributed by atoms with Crippen LogP contribution in [0.5, 0.6) is 0 Å². The summed E-state index contributed by atoms with van der Waals surface area (Å²) in [6, 6.07) is 0. The van der Waals surface area contributed by atoms with Crippen molar-refractivity contribution in [2.24, 2.45) is 5.41 Å². The van der Waals surface area contributed by atoms with Crippen LogP contribution in [0.25, 0.3) is 0 Å². The summed E-state index contributed by atoms with van der Waals surface area (Å²) in [7, 11) is 1.47. The maximum atomic E-state index is 11.5. The Hall–Kier alpha value is -0.790. The van der Waals surface area contributed by atoms with E-state index in [4.69, 9.17) is 4.74 Å². The highest BCUT2D eigenvalue weighted by Crippen LogP contribution is 2.32. The zero-order valence-corrected chi connectivity index (χ0v) is 8.51. The fourth-order valence-electron chi connectivity index (χ4n) is 1.77. The van der Waals surface area contributed by atoms with Gasteiger partial charge in [0.2, 0.25) is 0 Å². The molecule has 0 N–H and O–H groups in total. The summed E-state index contributed by atoms with van der Waals surface area (Å²) < 4.78 is 4.82. The Morgan fingerprint density at radius 2 is 2.15 bits per heavy atom. The second-order valence-corrected chi connectivity index (χ2v) is 3.97. The minimum absolute atomic E-state index is 0.0703. The monoisotopic (exact) mass is 182 g/mol. The van der Waals surface area contributed by atoms with Crippen molar-refractivity contribution in [3.05, 3.63) is 12.2 Å². The van der Waals surface area contributed by atoms with Crippen LogP contribution in [-0.2, 0) is 9.53 Å². The van der Waals surface area contributed by atoms with Crippen molar-refractivity contribution >= 4 is 5.97 Å². The van der Waals surface area contributed by atoms with Gasteiger partial charge in [-0.2, -0.15) is 0 Å². The first-order chi connectivity index (χ1) is 6.19. The molecule has 0 saturated carbocycles. The molecule has 74 valence electrons. The molecule has 1 atom stereocenters. The molecule has 0 aromatic rings. The van der Waals surface area contributed by atoms with E-state index in [1.165, 1.54) is 13.5 Å². The molecule has 0 amide bonds. The zero-order valence-electron chi connectivity index (χ0n) is 8.51. The molecule has 1 aliphatic rings. The highest BCUT2D eigenvalue weighted by Gasteiger charge is 2.32. The molecule has 0 fully saturated rings. The fourth-order valence-corrected chi connectivity index (χ4v) is 1.77. The summed E-state index contributed by atoms with van der Waals surface area (Å²) in [5.41, 5.74) is -0.286. The number of hydrogen-bond acceptors (Lipinski definition) is 2. The summed E-state index contributed by atoms with van der Waals surface area (Å²) in [4.78, 5) is 11.5. The molecule has 2 heteroatoms. The van der Waals surface area contributed by atoms with Crippen molar-refractivity contribution in [1.29, 1.82) is 0 Å². The first-order valence-electron chi connectivity index (χ1n) is 4.92. The molecular weight excluding hydrogens is 164 g/mol. The van der Waals surface area contributed by atoms with Gasteiger partial charge < -0.3 is 4.74 Å². The average Bonchev–Trinajstić information content (AvgIpc) is 2.10. The van der Waals surface area contributed by atoms with Crippen LogP contribution in [0.1, 0.15) is 39.0 Å². The Morgan fingerprint density at radius 1 is 1.38 bits per heavy atom. The number of hydrogen-bond donors (Lipinski definition) is 0. The molecule has 1 rings (SSSR count). The predicted molar refractivity (Wildman–Crippen MR) is 52.3 cm³/mol. The third kappa shape index (κ3) is 2.58. The van der Waals surface area contributed by atoms with Crippen LogP contribution in [0, 0.1) is 5.41 Å². The van der Waals surface area contributed by atoms with Crippen LogP contribution in [0.4, 0.5) is 0 Å². The molecule has 0 radical (unpaired) electrons. The number of methoxy groups -OCH3 is 1. The lowest BCUT2D eigenvalue weighted by molar-refractivity contribution is -0.152. The van der Waals surface area contributed by atoms with Gasteiger partial charge in [0, 0.05) is 0 Å². The molecule has 0 spiro atoms. The Labute approximate surface area is 80.0 Å². The van der Waals surface area contributed by atoms with Gasteiger partial charge in [0.15, 0.2) is 0 Å². The van der Waals surface area contributed by atoms with Gasteiger partial charge in [0.1, 0.15) is 0 Å². The van der Waals surface area contributed by atoms with Crippen molar-refractivity contribution in [2.75, 3.05) is 7.11 Å². The second kappa shape index (κ2) is 4.45. The predicted octanol–water partition coefficient (Wildman–Crippen LogP) is 2.69. The molecular formula is C11H18O2. The van der Waals surface area contributed by atoms with Gasteiger partial charge in [-0.25, -0.2) is 0 Å². The molecule has 1 aliphatic carbocycles. The van der Waals surface area contributed by atoms with Gasteiger partial charge in [-0.3, -0.25) is 4.79 Å². The van der Waals surface area contributed by atoms with Crippen molar-refractivity contribution in [2.45, 2.75) is 39.0 Å². The molecule has 1 unspecified atom stereocenters. The van der Waals surface area contributed by atoms with Crippen LogP contribution >= 0.6 is 0 Å². The summed E-state index contributed by atoms with van der Waals surface area (Å²) in [5, 5.41) is 0. The first-order valence-corrected chi connectivity index (χ1v) is 4.92. The molecule has 0 heterocycles. The molecule has 2 nitrogen and oxygen atoms in total. The largest absolute Gasteiger partial charge is 0.469 e. The maximum absolute atomic E-state index is 11.5. The van der Waals surface area contributed by atoms with Gasteiger partial charge in [-0.05, 0) is 32.6 Å². The van der Waals surface area contributed by atoms with Crippen LogP contribution in [0.2, 0.25) is 0 Å². The highest BCUT2D eigenvalue weighted by molar-refractivity contribution is 5.76. The quantitative estimate of drug-likeness (QED) is 0.460. The lowest BCUT2D eigenvalue weighted by Crippen LogP contribution is -2.29. The fraction of sp³-hybridized carbons (Fsp3) is 0.727. The molecule has 0 saturated heterocycles. The number of carbonyl (C=O) groups excluding carboxylic acids is 1. The van der Waals surface area contributed by atoms with Gasteiger partial charge in [0.05, 0.1) is 12.5 Å². The van der Waals surface area contributed by atoms with Crippen molar-refractivity contribution in [3.63, 3.8) is 0 Å². The van der Waals surface area contributed by atoms with E-state index >= 15 is 0 Å². The van der Waals surface area contributed by atoms with Gasteiger partial charge >= 0.3 is 5.97 Å². The SMILES string of the molecule is COC(=O)C1(C)CC=CCCCC1. The maximum Gasteiger partial charge on any atom is 0.311 e. The first kappa shape index (κ1) is 10.3. The highest BCUT2D eigenvalue weighted by atomic mass is 16.5. The van der Waals surface area contributed by atoms with Gasteiger partial charge in [-0.15, -0.1) is 0 Å². The van der Waals surface area contributed by atoms with Crippen molar-refractivity contribution < 1.29 is 9.53 Å². The number of carbonyl (C=O) groups is 1. The summed E-state index contributed by atoms with van der Waals surface area (Å²) >= 11 is 0. The number of allylic oxidation sites excluding steroid dienone is 2. The van der Waals surface area contributed by atoms with E-state index in [1.807, 2.05) is 6.92 Å². The Kier molecular flexibility index (Phi) is 3.52. The third-order valence-electron chi connectivity index (χ3n) is 2.76. The van der Waals surface area contributed by atoms with E-state index < -0.39 is 0 Å². The van der Waals surface area contributed by atoms with E-state index in [1.54, 1.807) is 0 Å². The number of ether oxygens (including phenoxy) is 1. The Balaban J connectivity index is 2.67. The molecule has 0 aromatic heterocycles. The average molecular weight is 182 g/mol. The van der Waals surface area contributed by atoms with Crippen LogP contribution < -0.4 is 0 Å². The van der Waals surface area contributed by atoms with E-state index in [-0.39, 0.29) is 11.4 Å². The van der Waals surface area contributed by atoms with E-state index in [0.717, 1.165) is 25.7 Å². The Bertz CT molecular complexity index is 208. The van der Waals surface area contributed by atoms with E-state index in [2.05, 4.69) is 12.2 Å². The van der Waals surface area contributed by atoms with E-state index in [0.29, 0.717) is 0 Å². The van der Waals surface area contributed by atoms with Gasteiger partial charge in [-0.1, -0.05) is 18.6 Å². The normalized spacial score (nSPS) is 29.1. The van der Waals surface area contributed by atoms with Gasteiger partial charge in [0.25, 0.3) is 0 Å². The van der Waals surface area contributed by atoms with Crippen molar-refractivity contribution in [1.82, 2.24) is 0 Å². The molecule has 0 bridgehead atoms. The number of esters is 1. The smallest absolute Gasteiger partial charge is 0.311 e. The Morgan fingerprint density at radius 3 is 2.85 bits per heavy atom. The van der Waals surface area contributed by atoms with Crippen LogP contribution in [0.3, 0.4) is 0 Å².